The van der Waals surface area contributed by atoms with Gasteiger partial charge >= 0.3 is 0 Å². The second-order valence-corrected chi connectivity index (χ2v) is 5.01. The van der Waals surface area contributed by atoms with Crippen LogP contribution in [0, 0.1) is 0 Å². The Morgan fingerprint density at radius 2 is 2.14 bits per heavy atom. The Hall–Kier alpha value is -2.18. The van der Waals surface area contributed by atoms with Crippen LogP contribution in [0.1, 0.15) is 12.7 Å². The molecule has 0 radical (unpaired) electrons. The van der Waals surface area contributed by atoms with Crippen molar-refractivity contribution in [2.24, 2.45) is 0 Å². The number of aromatic nitrogens is 3. The number of hydrogen-bond donors (Lipinski definition) is 2. The van der Waals surface area contributed by atoms with Crippen LogP contribution in [0.4, 0.5) is 0 Å². The van der Waals surface area contributed by atoms with Gasteiger partial charge in [-0.1, -0.05) is 23.4 Å². The number of nitrogens with zero attached hydrogens (tertiary/aromatic N) is 2. The Labute approximate surface area is 133 Å². The number of nitrogens with one attached hydrogen (secondary N) is 2. The summed E-state index contributed by atoms with van der Waals surface area (Å²) in [5, 5.41) is 8.55. The lowest BCUT2D eigenvalue weighted by Crippen LogP contribution is -2.24. The zero-order valence-electron chi connectivity index (χ0n) is 12.3. The maximum atomic E-state index is 12.0. The zero-order valence-corrected chi connectivity index (χ0v) is 13.1. The molecular formula is C15H17ClN4O2. The third-order valence-corrected chi connectivity index (χ3v) is 3.43. The van der Waals surface area contributed by atoms with E-state index >= 15 is 0 Å². The van der Waals surface area contributed by atoms with Gasteiger partial charge in [-0.15, -0.1) is 12.4 Å². The summed E-state index contributed by atoms with van der Waals surface area (Å²) >= 11 is 0. The molecule has 2 aromatic heterocycles. The van der Waals surface area contributed by atoms with E-state index in [0.717, 1.165) is 5.39 Å². The van der Waals surface area contributed by atoms with E-state index < -0.39 is 0 Å². The highest BCUT2D eigenvalue weighted by Gasteiger charge is 2.13. The summed E-state index contributed by atoms with van der Waals surface area (Å²) in [5.74, 6) is 0.942. The predicted molar refractivity (Wildman–Crippen MR) is 87.3 cm³/mol. The van der Waals surface area contributed by atoms with E-state index in [0.29, 0.717) is 29.2 Å². The lowest BCUT2D eigenvalue weighted by atomic mass is 10.1. The van der Waals surface area contributed by atoms with Crippen molar-refractivity contribution in [3.05, 3.63) is 46.5 Å². The summed E-state index contributed by atoms with van der Waals surface area (Å²) in [4.78, 5) is 19.2. The number of aromatic amines is 1. The van der Waals surface area contributed by atoms with Gasteiger partial charge in [0.1, 0.15) is 5.69 Å². The number of pyridine rings is 1. The molecule has 1 atom stereocenters. The minimum atomic E-state index is -0.161. The molecule has 3 rings (SSSR count). The summed E-state index contributed by atoms with van der Waals surface area (Å²) < 4.78 is 5.24. The molecule has 0 bridgehead atoms. The second kappa shape index (κ2) is 6.72. The molecule has 2 N–H and O–H groups in total. The van der Waals surface area contributed by atoms with Gasteiger partial charge in [0, 0.05) is 17.8 Å². The van der Waals surface area contributed by atoms with E-state index in [4.69, 9.17) is 4.52 Å². The molecule has 0 saturated heterocycles. The molecule has 0 saturated carbocycles. The van der Waals surface area contributed by atoms with Crippen molar-refractivity contribution in [3.63, 3.8) is 0 Å². The summed E-state index contributed by atoms with van der Waals surface area (Å²) in [5.41, 5.74) is 0.376. The molecule has 116 valence electrons. The van der Waals surface area contributed by atoms with Gasteiger partial charge in [-0.2, -0.15) is 4.98 Å². The SMILES string of the molecule is CNC(C)Cc1noc(-c2cc3ccccc3c(=O)[nH]2)n1.Cl. The topological polar surface area (TPSA) is 83.8 Å². The molecule has 0 spiro atoms. The number of likely N-dealkylation sites (N-methyl/N-ethyl adjacent to an activating group) is 1. The minimum absolute atomic E-state index is 0. The maximum Gasteiger partial charge on any atom is 0.274 e. The van der Waals surface area contributed by atoms with Crippen LogP contribution in [0.5, 0.6) is 0 Å². The molecule has 7 heteroatoms. The van der Waals surface area contributed by atoms with Crippen molar-refractivity contribution in [1.82, 2.24) is 20.4 Å². The Bertz CT molecular complexity index is 828. The Kier molecular flexibility index (Phi) is 4.95. The molecule has 0 fully saturated rings. The summed E-state index contributed by atoms with van der Waals surface area (Å²) in [6.07, 6.45) is 0.664. The van der Waals surface area contributed by atoms with E-state index in [1.165, 1.54) is 0 Å². The van der Waals surface area contributed by atoms with Crippen LogP contribution in [-0.2, 0) is 6.42 Å². The second-order valence-electron chi connectivity index (χ2n) is 5.01. The van der Waals surface area contributed by atoms with Gasteiger partial charge in [0.2, 0.25) is 0 Å². The molecule has 1 aromatic carbocycles. The van der Waals surface area contributed by atoms with Crippen LogP contribution in [-0.4, -0.2) is 28.2 Å². The van der Waals surface area contributed by atoms with Crippen LogP contribution in [0.3, 0.4) is 0 Å². The third kappa shape index (κ3) is 3.18. The van der Waals surface area contributed by atoms with Gasteiger partial charge in [0.05, 0.1) is 0 Å². The Morgan fingerprint density at radius 1 is 1.36 bits per heavy atom. The van der Waals surface area contributed by atoms with Gasteiger partial charge in [0.25, 0.3) is 11.4 Å². The summed E-state index contributed by atoms with van der Waals surface area (Å²) in [7, 11) is 1.88. The van der Waals surface area contributed by atoms with Crippen molar-refractivity contribution in [2.45, 2.75) is 19.4 Å². The molecule has 0 aliphatic rings. The third-order valence-electron chi connectivity index (χ3n) is 3.43. The van der Waals surface area contributed by atoms with Crippen LogP contribution in [0.2, 0.25) is 0 Å². The average Bonchev–Trinajstić information content (AvgIpc) is 2.95. The fraction of sp³-hybridized carbons (Fsp3) is 0.267. The van der Waals surface area contributed by atoms with Crippen molar-refractivity contribution in [3.8, 4) is 11.6 Å². The summed E-state index contributed by atoms with van der Waals surface area (Å²) in [6.45, 7) is 2.04. The van der Waals surface area contributed by atoms with Crippen LogP contribution >= 0.6 is 12.4 Å². The monoisotopic (exact) mass is 320 g/mol. The Balaban J connectivity index is 0.00000176. The highest BCUT2D eigenvalue weighted by molar-refractivity contribution is 5.85. The van der Waals surface area contributed by atoms with Gasteiger partial charge in [-0.05, 0) is 31.5 Å². The smallest absolute Gasteiger partial charge is 0.274 e. The standard InChI is InChI=1S/C15H16N4O2.ClH/c1-9(16-2)7-13-18-15(21-19-13)12-8-10-5-3-4-6-11(10)14(20)17-12;/h3-6,8-9,16H,7H2,1-2H3,(H,17,20);1H. The first-order chi connectivity index (χ1) is 10.2. The molecule has 0 amide bonds. The fourth-order valence-corrected chi connectivity index (χ4v) is 2.15. The van der Waals surface area contributed by atoms with E-state index in [-0.39, 0.29) is 24.0 Å². The average molecular weight is 321 g/mol. The van der Waals surface area contributed by atoms with Gasteiger partial charge in [-0.3, -0.25) is 4.79 Å². The van der Waals surface area contributed by atoms with Crippen molar-refractivity contribution in [2.75, 3.05) is 7.05 Å². The van der Waals surface area contributed by atoms with Crippen LogP contribution < -0.4 is 10.9 Å². The highest BCUT2D eigenvalue weighted by Crippen LogP contribution is 2.18. The highest BCUT2D eigenvalue weighted by atomic mass is 35.5. The van der Waals surface area contributed by atoms with E-state index in [9.17, 15) is 4.79 Å². The van der Waals surface area contributed by atoms with Crippen LogP contribution in [0.15, 0.2) is 39.6 Å². The van der Waals surface area contributed by atoms with E-state index in [1.807, 2.05) is 38.2 Å². The lowest BCUT2D eigenvalue weighted by molar-refractivity contribution is 0.417. The Morgan fingerprint density at radius 3 is 2.91 bits per heavy atom. The largest absolute Gasteiger partial charge is 0.332 e. The van der Waals surface area contributed by atoms with Crippen molar-refractivity contribution >= 4 is 23.2 Å². The first kappa shape index (κ1) is 16.2. The molecule has 0 aliphatic carbocycles. The van der Waals surface area contributed by atoms with Crippen molar-refractivity contribution < 1.29 is 4.52 Å². The molecule has 2 heterocycles. The molecule has 0 aliphatic heterocycles. The first-order valence-electron chi connectivity index (χ1n) is 6.79. The van der Waals surface area contributed by atoms with Crippen molar-refractivity contribution in [1.29, 1.82) is 0 Å². The number of fused-ring (bicyclic) bond motifs is 1. The molecular weight excluding hydrogens is 304 g/mol. The number of rotatable bonds is 4. The first-order valence-corrected chi connectivity index (χ1v) is 6.79. The quantitative estimate of drug-likeness (QED) is 0.769. The fourth-order valence-electron chi connectivity index (χ4n) is 2.15. The van der Waals surface area contributed by atoms with Gasteiger partial charge in [0.15, 0.2) is 5.82 Å². The molecule has 6 nitrogen and oxygen atoms in total. The number of hydrogen-bond acceptors (Lipinski definition) is 5. The van der Waals surface area contributed by atoms with E-state index in [1.54, 1.807) is 6.07 Å². The number of halogens is 1. The molecule has 1 unspecified atom stereocenters. The van der Waals surface area contributed by atoms with Crippen LogP contribution in [0.25, 0.3) is 22.4 Å². The van der Waals surface area contributed by atoms with E-state index in [2.05, 4.69) is 20.4 Å². The van der Waals surface area contributed by atoms with Gasteiger partial charge in [-0.25, -0.2) is 0 Å². The molecule has 22 heavy (non-hydrogen) atoms. The number of benzene rings is 1. The molecule has 3 aromatic rings. The van der Waals surface area contributed by atoms with Gasteiger partial charge < -0.3 is 14.8 Å². The zero-order chi connectivity index (χ0) is 14.8. The minimum Gasteiger partial charge on any atom is -0.332 e. The lowest BCUT2D eigenvalue weighted by Gasteiger charge is -2.04. The predicted octanol–water partition coefficient (Wildman–Crippen LogP) is 2.15. The normalized spacial score (nSPS) is 12.1. The summed E-state index contributed by atoms with van der Waals surface area (Å²) in [6, 6.07) is 9.49. The maximum absolute atomic E-state index is 12.0. The number of H-pyrrole nitrogens is 1.